The molecule has 1 unspecified atom stereocenters. The number of amides is 1. The molecule has 0 saturated carbocycles. The molecule has 2 N–H and O–H groups in total. The highest BCUT2D eigenvalue weighted by molar-refractivity contribution is 7.13. The number of aromatic amines is 1. The zero-order chi connectivity index (χ0) is 22.1. The van der Waals surface area contributed by atoms with Crippen LogP contribution in [0.1, 0.15) is 44.0 Å². The number of nitrogens with zero attached hydrogens (tertiary/aromatic N) is 4. The summed E-state index contributed by atoms with van der Waals surface area (Å²) < 4.78 is 0. The fourth-order valence-corrected chi connectivity index (χ4v) is 5.20. The van der Waals surface area contributed by atoms with Gasteiger partial charge in [0.25, 0.3) is 5.91 Å². The summed E-state index contributed by atoms with van der Waals surface area (Å²) in [6, 6.07) is 14.6. The molecule has 1 amide bonds. The van der Waals surface area contributed by atoms with Crippen LogP contribution in [0.4, 0.5) is 5.82 Å². The first-order valence-corrected chi connectivity index (χ1v) is 11.8. The van der Waals surface area contributed by atoms with E-state index in [4.69, 9.17) is 4.98 Å². The molecule has 1 saturated heterocycles. The lowest BCUT2D eigenvalue weighted by molar-refractivity contribution is 0.0794. The van der Waals surface area contributed by atoms with Crippen molar-refractivity contribution >= 4 is 34.1 Å². The normalized spacial score (nSPS) is 16.1. The fraction of sp³-hybridized carbons (Fsp3) is 0.333. The molecule has 1 atom stereocenters. The Balaban J connectivity index is 1.24. The Bertz CT molecular complexity index is 1250. The van der Waals surface area contributed by atoms with Crippen LogP contribution < -0.4 is 5.32 Å². The molecule has 4 aromatic rings. The Morgan fingerprint density at radius 3 is 2.81 bits per heavy atom. The molecule has 1 aromatic carbocycles. The molecule has 8 heteroatoms. The highest BCUT2D eigenvalue weighted by Gasteiger charge is 2.30. The van der Waals surface area contributed by atoms with Crippen LogP contribution in [0.5, 0.6) is 0 Å². The van der Waals surface area contributed by atoms with Gasteiger partial charge in [0.2, 0.25) is 0 Å². The summed E-state index contributed by atoms with van der Waals surface area (Å²) in [6.45, 7) is 6.08. The van der Waals surface area contributed by atoms with Crippen molar-refractivity contribution in [1.82, 2.24) is 25.1 Å². The largest absolute Gasteiger partial charge is 0.368 e. The smallest absolute Gasteiger partial charge is 0.265 e. The Hall–Kier alpha value is -3.26. The molecule has 1 aliphatic rings. The minimum absolute atomic E-state index is 0.0862. The van der Waals surface area contributed by atoms with E-state index in [1.54, 1.807) is 0 Å². The molecule has 0 aliphatic carbocycles. The number of anilines is 1. The summed E-state index contributed by atoms with van der Waals surface area (Å²) in [6.07, 6.45) is 1.85. The summed E-state index contributed by atoms with van der Waals surface area (Å²) >= 11 is 1.48. The number of hydrogen-bond acceptors (Lipinski definition) is 6. The maximum absolute atomic E-state index is 12.9. The number of aryl methyl sites for hydroxylation is 2. The third kappa shape index (κ3) is 4.10. The quantitative estimate of drug-likeness (QED) is 0.461. The summed E-state index contributed by atoms with van der Waals surface area (Å²) in [4.78, 5) is 24.8. The second-order valence-corrected chi connectivity index (χ2v) is 9.45. The van der Waals surface area contributed by atoms with Crippen LogP contribution in [0.25, 0.3) is 11.0 Å². The van der Waals surface area contributed by atoms with Crippen molar-refractivity contribution in [2.75, 3.05) is 25.0 Å². The van der Waals surface area contributed by atoms with Crippen molar-refractivity contribution in [1.29, 1.82) is 0 Å². The second-order valence-electron chi connectivity index (χ2n) is 8.25. The minimum atomic E-state index is 0.0862. The van der Waals surface area contributed by atoms with Crippen molar-refractivity contribution in [3.05, 3.63) is 69.3 Å². The predicted octanol–water partition coefficient (Wildman–Crippen LogP) is 4.32. The highest BCUT2D eigenvalue weighted by Crippen LogP contribution is 2.30. The molecule has 3 aromatic heterocycles. The van der Waals surface area contributed by atoms with Crippen LogP contribution in [-0.4, -0.2) is 50.6 Å². The van der Waals surface area contributed by atoms with Crippen LogP contribution in [0.15, 0.2) is 42.5 Å². The summed E-state index contributed by atoms with van der Waals surface area (Å²) in [5.41, 5.74) is 3.91. The number of pyridine rings is 1. The number of aromatic nitrogens is 4. The Kier molecular flexibility index (Phi) is 5.61. The standard InChI is InChI=1S/C24H26N6OS/c1-15-21(32-16(2)26-15)24(31)30-13-11-18(14-30)20-9-8-19-22(28-29-23(19)27-20)25-12-10-17-6-4-3-5-7-17/h3-9,18H,10-14H2,1-2H3,(H2,25,27,28,29). The van der Waals surface area contributed by atoms with E-state index in [2.05, 4.69) is 56.9 Å². The van der Waals surface area contributed by atoms with Crippen LogP contribution in [-0.2, 0) is 6.42 Å². The van der Waals surface area contributed by atoms with E-state index >= 15 is 0 Å². The first kappa shape index (κ1) is 20.6. The number of thiazole rings is 1. The van der Waals surface area contributed by atoms with E-state index in [-0.39, 0.29) is 11.8 Å². The molecule has 1 aliphatic heterocycles. The number of benzene rings is 1. The molecule has 4 heterocycles. The van der Waals surface area contributed by atoms with Crippen LogP contribution >= 0.6 is 11.3 Å². The van der Waals surface area contributed by atoms with Gasteiger partial charge in [-0.1, -0.05) is 30.3 Å². The number of carbonyl (C=O) groups excluding carboxylic acids is 1. The second kappa shape index (κ2) is 8.70. The molecule has 1 fully saturated rings. The molecular weight excluding hydrogens is 420 g/mol. The summed E-state index contributed by atoms with van der Waals surface area (Å²) in [5.74, 6) is 1.15. The fourth-order valence-electron chi connectivity index (χ4n) is 4.31. The zero-order valence-corrected chi connectivity index (χ0v) is 19.1. The van der Waals surface area contributed by atoms with Gasteiger partial charge in [-0.3, -0.25) is 9.89 Å². The van der Waals surface area contributed by atoms with E-state index in [1.807, 2.05) is 24.8 Å². The molecule has 0 spiro atoms. The topological polar surface area (TPSA) is 86.8 Å². The summed E-state index contributed by atoms with van der Waals surface area (Å²) in [7, 11) is 0. The number of hydrogen-bond donors (Lipinski definition) is 2. The van der Waals surface area contributed by atoms with Gasteiger partial charge in [-0.2, -0.15) is 5.10 Å². The predicted molar refractivity (Wildman–Crippen MR) is 127 cm³/mol. The maximum Gasteiger partial charge on any atom is 0.265 e. The van der Waals surface area contributed by atoms with Gasteiger partial charge in [-0.15, -0.1) is 11.3 Å². The zero-order valence-electron chi connectivity index (χ0n) is 18.3. The summed E-state index contributed by atoms with van der Waals surface area (Å²) in [5, 5.41) is 12.8. The van der Waals surface area contributed by atoms with Gasteiger partial charge in [-0.05, 0) is 44.4 Å². The first-order chi connectivity index (χ1) is 15.6. The van der Waals surface area contributed by atoms with Gasteiger partial charge in [0.15, 0.2) is 11.5 Å². The monoisotopic (exact) mass is 446 g/mol. The van der Waals surface area contributed by atoms with Crippen molar-refractivity contribution < 1.29 is 4.79 Å². The lowest BCUT2D eigenvalue weighted by Crippen LogP contribution is -2.28. The molecule has 0 bridgehead atoms. The molecule has 0 radical (unpaired) electrons. The van der Waals surface area contributed by atoms with Gasteiger partial charge in [0.05, 0.1) is 16.1 Å². The SMILES string of the molecule is Cc1nc(C)c(C(=O)N2CCC(c3ccc4c(NCCc5ccccc5)n[nH]c4n3)C2)s1. The molecule has 32 heavy (non-hydrogen) atoms. The average Bonchev–Trinajstić information content (AvgIpc) is 3.52. The number of likely N-dealkylation sites (tertiary alicyclic amines) is 1. The third-order valence-corrected chi connectivity index (χ3v) is 7.05. The number of carbonyl (C=O) groups is 1. The van der Waals surface area contributed by atoms with Crippen molar-refractivity contribution in [2.45, 2.75) is 32.6 Å². The van der Waals surface area contributed by atoms with Crippen molar-refractivity contribution in [3.8, 4) is 0 Å². The maximum atomic E-state index is 12.9. The van der Waals surface area contributed by atoms with Crippen molar-refractivity contribution in [2.24, 2.45) is 0 Å². The van der Waals surface area contributed by atoms with E-state index in [9.17, 15) is 4.79 Å². The van der Waals surface area contributed by atoms with Gasteiger partial charge < -0.3 is 10.2 Å². The number of fused-ring (bicyclic) bond motifs is 1. The van der Waals surface area contributed by atoms with Gasteiger partial charge in [-0.25, -0.2) is 9.97 Å². The van der Waals surface area contributed by atoms with Crippen LogP contribution in [0.2, 0.25) is 0 Å². The van der Waals surface area contributed by atoms with E-state index < -0.39 is 0 Å². The van der Waals surface area contributed by atoms with Gasteiger partial charge in [0, 0.05) is 31.2 Å². The Morgan fingerprint density at radius 1 is 1.19 bits per heavy atom. The minimum Gasteiger partial charge on any atom is -0.368 e. The molecule has 7 nitrogen and oxygen atoms in total. The lowest BCUT2D eigenvalue weighted by Gasteiger charge is -2.15. The molecule has 5 rings (SSSR count). The van der Waals surface area contributed by atoms with E-state index in [0.717, 1.165) is 64.1 Å². The lowest BCUT2D eigenvalue weighted by atomic mass is 10.0. The average molecular weight is 447 g/mol. The van der Waals surface area contributed by atoms with Crippen molar-refractivity contribution in [3.63, 3.8) is 0 Å². The van der Waals surface area contributed by atoms with Gasteiger partial charge >= 0.3 is 0 Å². The van der Waals surface area contributed by atoms with Crippen LogP contribution in [0.3, 0.4) is 0 Å². The Labute approximate surface area is 190 Å². The Morgan fingerprint density at radius 2 is 2.03 bits per heavy atom. The number of rotatable bonds is 6. The molecule has 164 valence electrons. The first-order valence-electron chi connectivity index (χ1n) is 10.9. The van der Waals surface area contributed by atoms with E-state index in [1.165, 1.54) is 16.9 Å². The van der Waals surface area contributed by atoms with Crippen LogP contribution in [0, 0.1) is 13.8 Å². The third-order valence-electron chi connectivity index (χ3n) is 5.99. The van der Waals surface area contributed by atoms with E-state index in [0.29, 0.717) is 6.54 Å². The number of nitrogens with one attached hydrogen (secondary N) is 2. The highest BCUT2D eigenvalue weighted by atomic mass is 32.1. The van der Waals surface area contributed by atoms with Gasteiger partial charge in [0.1, 0.15) is 4.88 Å². The molecular formula is C24H26N6OS. The number of H-pyrrole nitrogens is 1.